The van der Waals surface area contributed by atoms with E-state index < -0.39 is 120 Å². The van der Waals surface area contributed by atoms with Gasteiger partial charge in [-0.15, -0.1) is 0 Å². The zero-order valence-corrected chi connectivity index (χ0v) is 45.1. The van der Waals surface area contributed by atoms with E-state index in [9.17, 15) is 68.8 Å². The molecule has 1 saturated carbocycles. The van der Waals surface area contributed by atoms with Crippen molar-refractivity contribution in [1.82, 2.24) is 0 Å². The average Bonchev–Trinajstić information content (AvgIpc) is 3.33. The smallest absolute Gasteiger partial charge is 0.462 e. The summed E-state index contributed by atoms with van der Waals surface area (Å²) in [7, 11) is -11.5. The maximum Gasteiger partial charge on any atom is 0.472 e. The Morgan fingerprint density at radius 1 is 0.753 bits per heavy atom. The van der Waals surface area contributed by atoms with Crippen LogP contribution < -0.4 is 0 Å². The quantitative estimate of drug-likeness (QED) is 0.0164. The van der Waals surface area contributed by atoms with Gasteiger partial charge in [0.2, 0.25) is 0 Å². The highest BCUT2D eigenvalue weighted by atomic mass is 31.2. The summed E-state index contributed by atoms with van der Waals surface area (Å²) in [6.07, 6.45) is 12.7. The van der Waals surface area contributed by atoms with E-state index in [2.05, 4.69) is 43.4 Å². The van der Waals surface area contributed by atoms with Gasteiger partial charge in [-0.05, 0) is 64.2 Å². The topological polar surface area (TPSA) is 314 Å². The predicted molar refractivity (Wildman–Crippen MR) is 274 cm³/mol. The van der Waals surface area contributed by atoms with Crippen molar-refractivity contribution in [3.8, 4) is 0 Å². The van der Waals surface area contributed by atoms with Crippen molar-refractivity contribution in [2.24, 2.45) is 11.8 Å². The molecule has 0 amide bonds. The summed E-state index contributed by atoms with van der Waals surface area (Å²) in [5.74, 6) is -5.51. The number of cyclic esters (lactones) is 1. The number of hydrogen-bond acceptors (Lipinski definition) is 16. The Balaban J connectivity index is 2.21. The number of aliphatic hydroxyl groups is 6. The van der Waals surface area contributed by atoms with Gasteiger partial charge in [-0.3, -0.25) is 28.0 Å². The molecule has 0 aromatic rings. The monoisotopic (exact) mass is 1080 g/mol. The van der Waals surface area contributed by atoms with Gasteiger partial charge in [0.05, 0.1) is 31.0 Å². The summed E-state index contributed by atoms with van der Waals surface area (Å²) >= 11 is 0. The third-order valence-electron chi connectivity index (χ3n) is 13.0. The van der Waals surface area contributed by atoms with Gasteiger partial charge in [-0.2, -0.15) is 0 Å². The van der Waals surface area contributed by atoms with Gasteiger partial charge in [0, 0.05) is 31.1 Å². The van der Waals surface area contributed by atoms with Crippen molar-refractivity contribution in [3.05, 3.63) is 48.6 Å². The highest BCUT2D eigenvalue weighted by molar-refractivity contribution is 7.47. The number of unbranched alkanes of at least 4 members (excludes halogenated alkanes) is 12. The van der Waals surface area contributed by atoms with Crippen LogP contribution in [0.15, 0.2) is 48.6 Å². The van der Waals surface area contributed by atoms with E-state index in [1.807, 2.05) is 6.92 Å². The zero-order chi connectivity index (χ0) is 54.1. The lowest BCUT2D eigenvalue weighted by molar-refractivity contribution is -0.165. The third-order valence-corrected chi connectivity index (χ3v) is 14.5. The van der Waals surface area contributed by atoms with Gasteiger partial charge >= 0.3 is 27.6 Å². The van der Waals surface area contributed by atoms with Crippen molar-refractivity contribution < 1.29 is 91.9 Å². The summed E-state index contributed by atoms with van der Waals surface area (Å²) in [6.45, 7) is 2.56. The first-order valence-corrected chi connectivity index (χ1v) is 29.8. The van der Waals surface area contributed by atoms with Crippen LogP contribution in [0.25, 0.3) is 0 Å². The lowest BCUT2D eigenvalue weighted by atomic mass is 9.83. The molecule has 73 heavy (non-hydrogen) atoms. The number of Topliss-reactive ketones (excluding diaryl/α,β-unsaturated/α-hetero) is 1. The number of ether oxygens (including phenoxy) is 2. The van der Waals surface area contributed by atoms with E-state index in [-0.39, 0.29) is 32.1 Å². The number of hydrogen-bond donors (Lipinski definition) is 9. The number of phosphoric acid groups is 2. The first-order chi connectivity index (χ1) is 34.8. The predicted octanol–water partition coefficient (Wildman–Crippen LogP) is 7.82. The molecular formula is C52H90O19P2. The minimum atomic E-state index is -5.78. The number of carbonyl (C=O) groups is 3. The highest BCUT2D eigenvalue weighted by Crippen LogP contribution is 2.49. The lowest BCUT2D eigenvalue weighted by Gasteiger charge is -2.38. The Labute approximate surface area is 433 Å². The van der Waals surface area contributed by atoms with Crippen molar-refractivity contribution in [2.45, 2.75) is 236 Å². The molecule has 12 atom stereocenters. The van der Waals surface area contributed by atoms with Crippen molar-refractivity contribution in [1.29, 1.82) is 0 Å². The zero-order valence-electron chi connectivity index (χ0n) is 43.3. The third kappa shape index (κ3) is 29.6. The van der Waals surface area contributed by atoms with E-state index in [0.29, 0.717) is 32.1 Å². The first kappa shape index (κ1) is 66.7. The maximum absolute atomic E-state index is 13.8. The molecule has 2 bridgehead atoms. The van der Waals surface area contributed by atoms with E-state index >= 15 is 0 Å². The van der Waals surface area contributed by atoms with E-state index in [1.165, 1.54) is 31.8 Å². The number of allylic oxidation sites excluding steroid dienone is 6. The van der Waals surface area contributed by atoms with E-state index in [1.54, 1.807) is 0 Å². The molecule has 1 heterocycles. The van der Waals surface area contributed by atoms with Crippen LogP contribution in [0.5, 0.6) is 0 Å². The van der Waals surface area contributed by atoms with Crippen LogP contribution in [0.2, 0.25) is 0 Å². The Morgan fingerprint density at radius 2 is 1.34 bits per heavy atom. The van der Waals surface area contributed by atoms with Crippen LogP contribution in [0.1, 0.15) is 181 Å². The van der Waals surface area contributed by atoms with Gasteiger partial charge in [0.15, 0.2) is 6.10 Å². The molecule has 0 aromatic carbocycles. The number of aliphatic hydroxyl groups excluding tert-OH is 6. The minimum absolute atomic E-state index is 0.0444. The van der Waals surface area contributed by atoms with Gasteiger partial charge in [-0.25, -0.2) is 9.13 Å². The van der Waals surface area contributed by atoms with Crippen molar-refractivity contribution >= 4 is 33.4 Å². The van der Waals surface area contributed by atoms with Gasteiger partial charge in [0.1, 0.15) is 36.8 Å². The second kappa shape index (κ2) is 38.2. The molecule has 9 N–H and O–H groups in total. The lowest BCUT2D eigenvalue weighted by Crippen LogP contribution is -2.56. The van der Waals surface area contributed by atoms with Gasteiger partial charge in [-0.1, -0.05) is 146 Å². The molecule has 21 heteroatoms. The fraction of sp³-hybridized carbons (Fsp3) is 0.788. The molecule has 1 saturated heterocycles. The minimum Gasteiger partial charge on any atom is -0.462 e. The number of fused-ring (bicyclic) bond motifs is 4. The Kier molecular flexibility index (Phi) is 34.8. The van der Waals surface area contributed by atoms with Gasteiger partial charge in [0.25, 0.3) is 0 Å². The fourth-order valence-electron chi connectivity index (χ4n) is 8.76. The number of esters is 2. The van der Waals surface area contributed by atoms with E-state index in [4.69, 9.17) is 23.0 Å². The molecule has 19 nitrogen and oxygen atoms in total. The van der Waals surface area contributed by atoms with Crippen molar-refractivity contribution in [2.75, 3.05) is 13.2 Å². The molecule has 422 valence electrons. The molecule has 1 aliphatic carbocycles. The number of phosphoric ester groups is 2. The molecule has 2 aliphatic rings. The number of rotatable bonds is 27. The summed E-state index contributed by atoms with van der Waals surface area (Å²) < 4.78 is 52.3. The molecular weight excluding hydrogens is 991 g/mol. The summed E-state index contributed by atoms with van der Waals surface area (Å²) in [5, 5.41) is 68.4. The molecule has 1 unspecified atom stereocenters. The van der Waals surface area contributed by atoms with Crippen LogP contribution in [-0.4, -0.2) is 131 Å². The van der Waals surface area contributed by atoms with Gasteiger partial charge < -0.3 is 54.8 Å². The normalized spacial score (nSPS) is 29.6. The Hall–Kier alpha value is -2.45. The van der Waals surface area contributed by atoms with Crippen LogP contribution in [0.3, 0.4) is 0 Å². The fourth-order valence-corrected chi connectivity index (χ4v) is 10.3. The maximum atomic E-state index is 13.8. The average molecular weight is 1080 g/mol. The second-order valence-electron chi connectivity index (χ2n) is 19.4. The number of carbonyl (C=O) groups excluding carboxylic acids is 3. The highest BCUT2D eigenvalue weighted by Gasteiger charge is 2.51. The Morgan fingerprint density at radius 3 is 1.99 bits per heavy atom. The summed E-state index contributed by atoms with van der Waals surface area (Å²) in [6, 6.07) is 0. The molecule has 2 rings (SSSR count). The number of ketones is 1. The molecule has 0 radical (unpaired) electrons. The first-order valence-electron chi connectivity index (χ1n) is 26.8. The van der Waals surface area contributed by atoms with Crippen LogP contribution in [0, 0.1) is 11.8 Å². The largest absolute Gasteiger partial charge is 0.472 e. The van der Waals surface area contributed by atoms with Crippen LogP contribution >= 0.6 is 15.6 Å². The SMILES string of the molecule is CCCCCC/C=C\C/C=C\C/C=C\CCCCCCCCC(=O)O[C@@H]1COC(=O)CCCCCC[C@H]2C(=O)C[C@@H](O)[C@H](/C=C/[C@@H](O)CCCCC)[C@@H](O)[C@@H](OP(=O)(O)O)[C@@H](OP(=O)(O)OC1)[C@H](O)[C@@H](O)[C@@H]2O. The summed E-state index contributed by atoms with van der Waals surface area (Å²) in [5.41, 5.74) is 0. The van der Waals surface area contributed by atoms with E-state index in [0.717, 1.165) is 76.7 Å². The Bertz CT molecular complexity index is 1750. The standard InChI is InChI=1S/C52H90O19P2/c1-3-5-7-8-9-10-11-12-13-14-15-16-17-18-19-20-21-22-23-29-33-46(57)69-40-37-67-45(56)32-28-25-24-27-31-41-43(54)36-44(55)42(35-34-39(53)30-26-6-4-2)48(59)51(70-72(62,63)64)52(50(61)49(60)47(41)58)71-73(65,66)68-38-40/h10-11,13-14,16-17,34-35,39-42,44,47-53,55,58-61H,3-9,12,15,18-33,36-38H2,1-2H3,(H,65,66)(H2,62,63,64)/b11-10-,14-13-,17-16-,35-34+/t39-,40+,41-,42-,44+,47+,48+,49-,50+,51+,52-/m0/s1. The molecule has 1 aliphatic heterocycles. The summed E-state index contributed by atoms with van der Waals surface area (Å²) in [4.78, 5) is 70.7. The molecule has 0 aromatic heterocycles. The molecule has 2 fully saturated rings. The van der Waals surface area contributed by atoms with Crippen LogP contribution in [0.4, 0.5) is 0 Å². The molecule has 0 spiro atoms. The second-order valence-corrected chi connectivity index (χ2v) is 22.0. The van der Waals surface area contributed by atoms with Crippen LogP contribution in [-0.2, 0) is 46.6 Å². The van der Waals surface area contributed by atoms with Crippen molar-refractivity contribution in [3.63, 3.8) is 0 Å².